The lowest BCUT2D eigenvalue weighted by Crippen LogP contribution is -2.48. The van der Waals surface area contributed by atoms with Crippen LogP contribution in [0, 0.1) is 11.3 Å². The molecule has 5 nitrogen and oxygen atoms in total. The number of methoxy groups -OCH3 is 1. The van der Waals surface area contributed by atoms with E-state index < -0.39 is 0 Å². The van der Waals surface area contributed by atoms with Crippen LogP contribution in [0.3, 0.4) is 0 Å². The van der Waals surface area contributed by atoms with E-state index in [0.717, 1.165) is 32.0 Å². The Kier molecular flexibility index (Phi) is 5.20. The van der Waals surface area contributed by atoms with E-state index in [0.29, 0.717) is 17.0 Å². The van der Waals surface area contributed by atoms with E-state index in [1.165, 1.54) is 5.69 Å². The van der Waals surface area contributed by atoms with Crippen LogP contribution in [-0.2, 0) is 0 Å². The molecule has 25 heavy (non-hydrogen) atoms. The summed E-state index contributed by atoms with van der Waals surface area (Å²) in [7, 11) is 1.62. The fourth-order valence-corrected chi connectivity index (χ4v) is 3.00. The van der Waals surface area contributed by atoms with Gasteiger partial charge in [0, 0.05) is 37.9 Å². The maximum atomic E-state index is 9.29. The third kappa shape index (κ3) is 3.92. The first-order valence-corrected chi connectivity index (χ1v) is 8.39. The average Bonchev–Trinajstić information content (AvgIpc) is 2.68. The standard InChI is InChI=1S/C20H22N4O/c1-16(22-20-14-19(25-2)9-8-17(20)15-21)23-10-12-24(13-11-23)18-6-4-3-5-7-18/h3-9,14H,10-13H2,1-2H3. The number of ether oxygens (including phenoxy) is 1. The Labute approximate surface area is 148 Å². The van der Waals surface area contributed by atoms with Crippen LogP contribution in [-0.4, -0.2) is 44.0 Å². The van der Waals surface area contributed by atoms with Crippen molar-refractivity contribution in [2.24, 2.45) is 4.99 Å². The molecule has 0 spiro atoms. The molecule has 0 radical (unpaired) electrons. The van der Waals surface area contributed by atoms with Gasteiger partial charge in [0.15, 0.2) is 0 Å². The number of anilines is 1. The van der Waals surface area contributed by atoms with Crippen LogP contribution in [0.2, 0.25) is 0 Å². The van der Waals surface area contributed by atoms with E-state index in [9.17, 15) is 5.26 Å². The average molecular weight is 334 g/mol. The van der Waals surface area contributed by atoms with Crippen molar-refractivity contribution in [2.75, 3.05) is 38.2 Å². The minimum atomic E-state index is 0.558. The van der Waals surface area contributed by atoms with E-state index in [1.54, 1.807) is 19.2 Å². The molecular weight excluding hydrogens is 312 g/mol. The predicted octanol–water partition coefficient (Wildman–Crippen LogP) is 3.44. The lowest BCUT2D eigenvalue weighted by atomic mass is 10.2. The monoisotopic (exact) mass is 334 g/mol. The van der Waals surface area contributed by atoms with Gasteiger partial charge < -0.3 is 14.5 Å². The van der Waals surface area contributed by atoms with E-state index in [2.05, 4.69) is 45.1 Å². The molecule has 0 N–H and O–H groups in total. The number of nitrogens with zero attached hydrogens (tertiary/aromatic N) is 4. The van der Waals surface area contributed by atoms with Gasteiger partial charge in [0.2, 0.25) is 0 Å². The van der Waals surface area contributed by atoms with Crippen molar-refractivity contribution in [2.45, 2.75) is 6.92 Å². The first-order chi connectivity index (χ1) is 12.2. The molecule has 1 saturated heterocycles. The van der Waals surface area contributed by atoms with E-state index in [4.69, 9.17) is 4.74 Å². The number of benzene rings is 2. The van der Waals surface area contributed by atoms with Gasteiger partial charge in [0.05, 0.1) is 18.4 Å². The summed E-state index contributed by atoms with van der Waals surface area (Å²) >= 11 is 0. The van der Waals surface area contributed by atoms with Gasteiger partial charge in [-0.25, -0.2) is 4.99 Å². The molecule has 5 heteroatoms. The molecule has 1 fully saturated rings. The van der Waals surface area contributed by atoms with Gasteiger partial charge in [-0.05, 0) is 31.2 Å². The summed E-state index contributed by atoms with van der Waals surface area (Å²) in [6.45, 7) is 5.74. The second-order valence-electron chi connectivity index (χ2n) is 5.96. The maximum Gasteiger partial charge on any atom is 0.121 e. The summed E-state index contributed by atoms with van der Waals surface area (Å²) < 4.78 is 5.25. The lowest BCUT2D eigenvalue weighted by Gasteiger charge is -2.37. The number of piperazine rings is 1. The minimum Gasteiger partial charge on any atom is -0.497 e. The molecule has 128 valence electrons. The van der Waals surface area contributed by atoms with Gasteiger partial charge in [-0.3, -0.25) is 0 Å². The molecule has 2 aromatic carbocycles. The second-order valence-corrected chi connectivity index (χ2v) is 5.96. The SMILES string of the molecule is COc1ccc(C#N)c(N=C(C)N2CCN(c3ccccc3)CC2)c1. The number of para-hydroxylation sites is 1. The highest BCUT2D eigenvalue weighted by Crippen LogP contribution is 2.25. The van der Waals surface area contributed by atoms with E-state index in [-0.39, 0.29) is 0 Å². The fourth-order valence-electron chi connectivity index (χ4n) is 3.00. The van der Waals surface area contributed by atoms with Gasteiger partial charge in [-0.1, -0.05) is 18.2 Å². The Balaban J connectivity index is 1.71. The van der Waals surface area contributed by atoms with Crippen LogP contribution >= 0.6 is 0 Å². The van der Waals surface area contributed by atoms with Crippen LogP contribution in [0.5, 0.6) is 5.75 Å². The van der Waals surface area contributed by atoms with Crippen molar-refractivity contribution in [3.05, 3.63) is 54.1 Å². The molecule has 2 aromatic rings. The summed E-state index contributed by atoms with van der Waals surface area (Å²) in [4.78, 5) is 9.33. The fraction of sp³-hybridized carbons (Fsp3) is 0.300. The zero-order chi connectivity index (χ0) is 17.6. The summed E-state index contributed by atoms with van der Waals surface area (Å²) in [5.41, 5.74) is 2.48. The van der Waals surface area contributed by atoms with Crippen LogP contribution in [0.4, 0.5) is 11.4 Å². The molecule has 0 unspecified atom stereocenters. The van der Waals surface area contributed by atoms with Crippen molar-refractivity contribution >= 4 is 17.2 Å². The van der Waals surface area contributed by atoms with Gasteiger partial charge in [0.25, 0.3) is 0 Å². The Morgan fingerprint density at radius 1 is 1.08 bits per heavy atom. The Bertz CT molecular complexity index is 787. The van der Waals surface area contributed by atoms with Crippen LogP contribution in [0.25, 0.3) is 0 Å². The molecule has 0 amide bonds. The highest BCUT2D eigenvalue weighted by molar-refractivity contribution is 5.84. The Morgan fingerprint density at radius 3 is 2.44 bits per heavy atom. The van der Waals surface area contributed by atoms with Crippen LogP contribution < -0.4 is 9.64 Å². The highest BCUT2D eigenvalue weighted by atomic mass is 16.5. The van der Waals surface area contributed by atoms with Gasteiger partial charge >= 0.3 is 0 Å². The molecule has 0 aromatic heterocycles. The number of nitriles is 1. The molecule has 0 bridgehead atoms. The molecule has 3 rings (SSSR count). The lowest BCUT2D eigenvalue weighted by molar-refractivity contribution is 0.384. The largest absolute Gasteiger partial charge is 0.497 e. The molecular formula is C20H22N4O. The van der Waals surface area contributed by atoms with Gasteiger partial charge in [0.1, 0.15) is 17.7 Å². The van der Waals surface area contributed by atoms with E-state index in [1.807, 2.05) is 19.1 Å². The maximum absolute atomic E-state index is 9.29. The Morgan fingerprint density at radius 2 is 1.80 bits per heavy atom. The highest BCUT2D eigenvalue weighted by Gasteiger charge is 2.18. The van der Waals surface area contributed by atoms with E-state index >= 15 is 0 Å². The molecule has 1 heterocycles. The summed E-state index contributed by atoms with van der Waals surface area (Å²) in [5.74, 6) is 1.64. The van der Waals surface area contributed by atoms with Crippen molar-refractivity contribution in [3.8, 4) is 11.8 Å². The molecule has 0 aliphatic carbocycles. The number of rotatable bonds is 3. The summed E-state index contributed by atoms with van der Waals surface area (Å²) in [6.07, 6.45) is 0. The van der Waals surface area contributed by atoms with Gasteiger partial charge in [-0.15, -0.1) is 0 Å². The molecule has 0 atom stereocenters. The predicted molar refractivity (Wildman–Crippen MR) is 101 cm³/mol. The smallest absolute Gasteiger partial charge is 0.121 e. The Hall–Kier alpha value is -3.00. The first kappa shape index (κ1) is 16.8. The number of aliphatic imine (C=N–C) groups is 1. The van der Waals surface area contributed by atoms with Crippen molar-refractivity contribution < 1.29 is 4.74 Å². The topological polar surface area (TPSA) is 51.9 Å². The van der Waals surface area contributed by atoms with Gasteiger partial charge in [-0.2, -0.15) is 5.26 Å². The minimum absolute atomic E-state index is 0.558. The molecule has 1 aliphatic rings. The third-order valence-electron chi connectivity index (χ3n) is 4.47. The molecule has 1 aliphatic heterocycles. The summed E-state index contributed by atoms with van der Waals surface area (Å²) in [6, 6.07) is 18.0. The normalized spacial score (nSPS) is 15.0. The number of hydrogen-bond acceptors (Lipinski definition) is 4. The van der Waals surface area contributed by atoms with Crippen molar-refractivity contribution in [3.63, 3.8) is 0 Å². The second kappa shape index (κ2) is 7.71. The van der Waals surface area contributed by atoms with Crippen LogP contribution in [0.15, 0.2) is 53.5 Å². The zero-order valence-electron chi connectivity index (χ0n) is 14.6. The number of hydrogen-bond donors (Lipinski definition) is 0. The third-order valence-corrected chi connectivity index (χ3v) is 4.47. The summed E-state index contributed by atoms with van der Waals surface area (Å²) in [5, 5.41) is 9.29. The zero-order valence-corrected chi connectivity index (χ0v) is 14.6. The quantitative estimate of drug-likeness (QED) is 0.637. The van der Waals surface area contributed by atoms with Crippen molar-refractivity contribution in [1.82, 2.24) is 4.90 Å². The van der Waals surface area contributed by atoms with Crippen LogP contribution in [0.1, 0.15) is 12.5 Å². The molecule has 0 saturated carbocycles. The first-order valence-electron chi connectivity index (χ1n) is 8.39. The van der Waals surface area contributed by atoms with Crippen molar-refractivity contribution in [1.29, 1.82) is 5.26 Å². The number of amidine groups is 1.